The van der Waals surface area contributed by atoms with Gasteiger partial charge in [0.05, 0.1) is 23.1 Å². The Hall–Kier alpha value is -2.64. The average molecular weight is 308 g/mol. The first-order valence-electron chi connectivity index (χ1n) is 6.79. The Morgan fingerprint density at radius 1 is 1.50 bits per heavy atom. The van der Waals surface area contributed by atoms with E-state index < -0.39 is 17.0 Å². The van der Waals surface area contributed by atoms with Gasteiger partial charge in [-0.25, -0.2) is 0 Å². The van der Waals surface area contributed by atoms with Gasteiger partial charge >= 0.3 is 5.97 Å². The van der Waals surface area contributed by atoms with Gasteiger partial charge in [0.2, 0.25) is 0 Å². The molecule has 118 valence electrons. The van der Waals surface area contributed by atoms with Crippen LogP contribution in [0.5, 0.6) is 5.75 Å². The molecule has 8 nitrogen and oxygen atoms in total. The minimum absolute atomic E-state index is 0.00838. The van der Waals surface area contributed by atoms with E-state index in [1.165, 1.54) is 23.1 Å². The van der Waals surface area contributed by atoms with Gasteiger partial charge in [-0.2, -0.15) is 0 Å². The molecule has 0 aliphatic carbocycles. The molecule has 2 rings (SSSR count). The van der Waals surface area contributed by atoms with Crippen molar-refractivity contribution in [3.63, 3.8) is 0 Å². The molecule has 22 heavy (non-hydrogen) atoms. The Bertz CT molecular complexity index is 628. The highest BCUT2D eigenvalue weighted by Gasteiger charge is 2.37. The molecule has 0 fully saturated rings. The summed E-state index contributed by atoms with van der Waals surface area (Å²) in [6.07, 6.45) is -1.00. The molecule has 1 aromatic carbocycles. The lowest BCUT2D eigenvalue weighted by molar-refractivity contribution is -0.384. The standard InChI is InChI=1S/C14H16N2O6/c1-8(2)13-14(19)15(6-5-12(17)18)10-4-3-9(16(20)21)7-11(10)22-13/h3-4,7-8,13H,5-6H2,1-2H3,(H,17,18). The number of nitro benzene ring substituents is 1. The molecule has 1 N–H and O–H groups in total. The van der Waals surface area contributed by atoms with Crippen molar-refractivity contribution in [1.82, 2.24) is 0 Å². The van der Waals surface area contributed by atoms with Crippen molar-refractivity contribution in [3.05, 3.63) is 28.3 Å². The van der Waals surface area contributed by atoms with Crippen molar-refractivity contribution in [3.8, 4) is 5.75 Å². The molecule has 8 heteroatoms. The van der Waals surface area contributed by atoms with Crippen LogP contribution < -0.4 is 9.64 Å². The number of hydrogen-bond acceptors (Lipinski definition) is 5. The molecule has 1 aromatic rings. The number of ether oxygens (including phenoxy) is 1. The van der Waals surface area contributed by atoms with E-state index in [0.717, 1.165) is 0 Å². The van der Waals surface area contributed by atoms with Crippen LogP contribution in [0.15, 0.2) is 18.2 Å². The number of carbonyl (C=O) groups excluding carboxylic acids is 1. The first-order valence-corrected chi connectivity index (χ1v) is 6.79. The maximum atomic E-state index is 12.4. The number of aliphatic carboxylic acids is 1. The van der Waals surface area contributed by atoms with Gasteiger partial charge in [0.1, 0.15) is 0 Å². The zero-order chi connectivity index (χ0) is 16.4. The normalized spacial score (nSPS) is 17.1. The Balaban J connectivity index is 2.42. The maximum Gasteiger partial charge on any atom is 0.305 e. The Morgan fingerprint density at radius 3 is 2.73 bits per heavy atom. The second-order valence-corrected chi connectivity index (χ2v) is 5.33. The third-order valence-electron chi connectivity index (χ3n) is 3.36. The molecule has 0 spiro atoms. The smallest absolute Gasteiger partial charge is 0.305 e. The lowest BCUT2D eigenvalue weighted by atomic mass is 10.0. The summed E-state index contributed by atoms with van der Waals surface area (Å²) in [5, 5.41) is 19.7. The number of nitro groups is 1. The number of hydrogen-bond donors (Lipinski definition) is 1. The van der Waals surface area contributed by atoms with Gasteiger partial charge in [0.15, 0.2) is 11.9 Å². The van der Waals surface area contributed by atoms with E-state index >= 15 is 0 Å². The van der Waals surface area contributed by atoms with Crippen molar-refractivity contribution < 1.29 is 24.4 Å². The number of non-ortho nitro benzene ring substituents is 1. The van der Waals surface area contributed by atoms with E-state index in [0.29, 0.717) is 5.69 Å². The number of carbonyl (C=O) groups is 2. The van der Waals surface area contributed by atoms with Crippen LogP contribution in [0, 0.1) is 16.0 Å². The highest BCUT2D eigenvalue weighted by atomic mass is 16.6. The molecule has 1 atom stereocenters. The fraction of sp³-hybridized carbons (Fsp3) is 0.429. The number of benzene rings is 1. The number of nitrogens with zero attached hydrogens (tertiary/aromatic N) is 2. The minimum Gasteiger partial charge on any atom is -0.481 e. The molecule has 0 bridgehead atoms. The Labute approximate surface area is 126 Å². The second kappa shape index (κ2) is 6.00. The van der Waals surface area contributed by atoms with Crippen LogP contribution in [0.3, 0.4) is 0 Å². The third-order valence-corrected chi connectivity index (χ3v) is 3.36. The topological polar surface area (TPSA) is 110 Å². The zero-order valence-electron chi connectivity index (χ0n) is 12.2. The zero-order valence-corrected chi connectivity index (χ0v) is 12.2. The summed E-state index contributed by atoms with van der Waals surface area (Å²) < 4.78 is 5.59. The van der Waals surface area contributed by atoms with Crippen LogP contribution in [-0.4, -0.2) is 34.6 Å². The molecule has 0 aromatic heterocycles. The van der Waals surface area contributed by atoms with Crippen molar-refractivity contribution >= 4 is 23.3 Å². The summed E-state index contributed by atoms with van der Waals surface area (Å²) in [7, 11) is 0. The SMILES string of the molecule is CC(C)C1Oc2cc([N+](=O)[O-])ccc2N(CCC(=O)O)C1=O. The van der Waals surface area contributed by atoms with Gasteiger partial charge in [-0.15, -0.1) is 0 Å². The number of rotatable bonds is 5. The van der Waals surface area contributed by atoms with Crippen molar-refractivity contribution in [1.29, 1.82) is 0 Å². The third kappa shape index (κ3) is 3.00. The van der Waals surface area contributed by atoms with E-state index in [4.69, 9.17) is 9.84 Å². The van der Waals surface area contributed by atoms with Crippen LogP contribution in [0.1, 0.15) is 20.3 Å². The number of amides is 1. The van der Waals surface area contributed by atoms with Crippen molar-refractivity contribution in [2.75, 3.05) is 11.4 Å². The second-order valence-electron chi connectivity index (χ2n) is 5.33. The van der Waals surface area contributed by atoms with Gasteiger partial charge < -0.3 is 14.7 Å². The lowest BCUT2D eigenvalue weighted by Gasteiger charge is -2.35. The van der Waals surface area contributed by atoms with E-state index in [9.17, 15) is 19.7 Å². The monoisotopic (exact) mass is 308 g/mol. The maximum absolute atomic E-state index is 12.4. The number of fused-ring (bicyclic) bond motifs is 1. The molecule has 0 saturated heterocycles. The molecule has 0 radical (unpaired) electrons. The first-order chi connectivity index (χ1) is 10.3. The van der Waals surface area contributed by atoms with Crippen LogP contribution in [0.4, 0.5) is 11.4 Å². The molecule has 1 heterocycles. The van der Waals surface area contributed by atoms with E-state index in [1.807, 2.05) is 0 Å². The summed E-state index contributed by atoms with van der Waals surface area (Å²) in [6.45, 7) is 3.58. The summed E-state index contributed by atoms with van der Waals surface area (Å²) in [4.78, 5) is 34.8. The quantitative estimate of drug-likeness (QED) is 0.656. The van der Waals surface area contributed by atoms with E-state index in [-0.39, 0.29) is 36.2 Å². The van der Waals surface area contributed by atoms with Gasteiger partial charge in [0.25, 0.3) is 11.6 Å². The van der Waals surface area contributed by atoms with Crippen LogP contribution in [0.25, 0.3) is 0 Å². The number of carboxylic acids is 1. The average Bonchev–Trinajstić information content (AvgIpc) is 2.44. The van der Waals surface area contributed by atoms with E-state index in [2.05, 4.69) is 0 Å². The fourth-order valence-electron chi connectivity index (χ4n) is 2.25. The van der Waals surface area contributed by atoms with Crippen LogP contribution >= 0.6 is 0 Å². The predicted molar refractivity (Wildman–Crippen MR) is 77.0 cm³/mol. The van der Waals surface area contributed by atoms with E-state index in [1.54, 1.807) is 13.8 Å². The summed E-state index contributed by atoms with van der Waals surface area (Å²) in [6, 6.07) is 3.92. The summed E-state index contributed by atoms with van der Waals surface area (Å²) in [5.41, 5.74) is 0.211. The summed E-state index contributed by atoms with van der Waals surface area (Å²) >= 11 is 0. The van der Waals surface area contributed by atoms with Gasteiger partial charge in [-0.05, 0) is 12.0 Å². The molecule has 1 amide bonds. The van der Waals surface area contributed by atoms with Crippen LogP contribution in [-0.2, 0) is 9.59 Å². The molecular formula is C14H16N2O6. The highest BCUT2D eigenvalue weighted by Crippen LogP contribution is 2.38. The molecule has 0 saturated carbocycles. The van der Waals surface area contributed by atoms with Gasteiger partial charge in [-0.3, -0.25) is 19.7 Å². The van der Waals surface area contributed by atoms with Crippen molar-refractivity contribution in [2.45, 2.75) is 26.4 Å². The first kappa shape index (κ1) is 15.7. The minimum atomic E-state index is -1.02. The molecule has 1 aliphatic rings. The Morgan fingerprint density at radius 2 is 2.18 bits per heavy atom. The number of anilines is 1. The van der Waals surface area contributed by atoms with Gasteiger partial charge in [0, 0.05) is 12.6 Å². The number of carboxylic acid groups (broad SMARTS) is 1. The summed E-state index contributed by atoms with van der Waals surface area (Å²) in [5.74, 6) is -1.29. The highest BCUT2D eigenvalue weighted by molar-refractivity contribution is 6.00. The molecule has 1 aliphatic heterocycles. The Kier molecular flexibility index (Phi) is 4.30. The van der Waals surface area contributed by atoms with Crippen LogP contribution in [0.2, 0.25) is 0 Å². The lowest BCUT2D eigenvalue weighted by Crippen LogP contribution is -2.49. The fourth-order valence-corrected chi connectivity index (χ4v) is 2.25. The largest absolute Gasteiger partial charge is 0.481 e. The van der Waals surface area contributed by atoms with Crippen molar-refractivity contribution in [2.24, 2.45) is 5.92 Å². The molecule has 1 unspecified atom stereocenters. The predicted octanol–water partition coefficient (Wildman–Crippen LogP) is 1.82. The molecular weight excluding hydrogens is 292 g/mol. The van der Waals surface area contributed by atoms with Gasteiger partial charge in [-0.1, -0.05) is 13.8 Å².